The third kappa shape index (κ3) is 11.0. The lowest BCUT2D eigenvalue weighted by Crippen LogP contribution is -2.53. The molecule has 2 rings (SSSR count). The van der Waals surface area contributed by atoms with Crippen LogP contribution in [0.15, 0.2) is 33.6 Å². The van der Waals surface area contributed by atoms with Gasteiger partial charge in [-0.15, -0.1) is 18.3 Å². The topological polar surface area (TPSA) is 155 Å². The SMILES string of the molecule is C=CCCCCCCCCCCC1(O)C(SCCN=C(N)N)=CC2=[N+](CCCCN=C(N)N)CCCN21. The van der Waals surface area contributed by atoms with Crippen molar-refractivity contribution < 1.29 is 9.68 Å². The first-order valence-electron chi connectivity index (χ1n) is 14.1. The molecule has 210 valence electrons. The molecular weight excluding hydrogens is 484 g/mol. The van der Waals surface area contributed by atoms with Crippen LogP contribution in [-0.4, -0.2) is 76.5 Å². The Morgan fingerprint density at radius 1 is 0.973 bits per heavy atom. The zero-order valence-electron chi connectivity index (χ0n) is 22.8. The molecule has 0 amide bonds. The van der Waals surface area contributed by atoms with E-state index >= 15 is 0 Å². The Labute approximate surface area is 228 Å². The number of rotatable bonds is 20. The summed E-state index contributed by atoms with van der Waals surface area (Å²) in [6, 6.07) is 0. The van der Waals surface area contributed by atoms with E-state index in [0.29, 0.717) is 13.1 Å². The van der Waals surface area contributed by atoms with Gasteiger partial charge in [-0.2, -0.15) is 0 Å². The molecule has 0 aromatic rings. The average Bonchev–Trinajstić information content (AvgIpc) is 3.15. The number of nitrogens with zero attached hydrogens (tertiary/aromatic N) is 4. The zero-order valence-corrected chi connectivity index (χ0v) is 23.6. The molecule has 0 fully saturated rings. The maximum absolute atomic E-state index is 12.0. The Balaban J connectivity index is 1.95. The second-order valence-corrected chi connectivity index (χ2v) is 11.1. The predicted molar refractivity (Wildman–Crippen MR) is 159 cm³/mol. The Bertz CT molecular complexity index is 817. The van der Waals surface area contributed by atoms with Crippen LogP contribution in [0, 0.1) is 0 Å². The number of aliphatic imine (C=N–C) groups is 2. The molecule has 2 aliphatic heterocycles. The summed E-state index contributed by atoms with van der Waals surface area (Å²) >= 11 is 1.67. The summed E-state index contributed by atoms with van der Waals surface area (Å²) in [5.74, 6) is 2.13. The predicted octanol–water partition coefficient (Wildman–Crippen LogP) is 2.84. The molecule has 37 heavy (non-hydrogen) atoms. The Morgan fingerprint density at radius 2 is 1.62 bits per heavy atom. The molecule has 0 saturated carbocycles. The van der Waals surface area contributed by atoms with E-state index in [1.165, 1.54) is 38.5 Å². The minimum absolute atomic E-state index is 0.107. The number of hydrogen-bond donors (Lipinski definition) is 5. The maximum atomic E-state index is 12.0. The van der Waals surface area contributed by atoms with Crippen molar-refractivity contribution in [1.29, 1.82) is 0 Å². The highest BCUT2D eigenvalue weighted by molar-refractivity contribution is 8.03. The number of unbranched alkanes of at least 4 members (excludes halogenated alkanes) is 9. The third-order valence-corrected chi connectivity index (χ3v) is 8.11. The van der Waals surface area contributed by atoms with Crippen molar-refractivity contribution in [1.82, 2.24) is 4.90 Å². The molecule has 1 atom stereocenters. The largest absolute Gasteiger partial charge is 0.370 e. The number of hydrogen-bond acceptors (Lipinski definition) is 5. The third-order valence-electron chi connectivity index (χ3n) is 6.97. The van der Waals surface area contributed by atoms with Crippen LogP contribution in [0.25, 0.3) is 0 Å². The van der Waals surface area contributed by atoms with Gasteiger partial charge in [0.25, 0.3) is 5.84 Å². The van der Waals surface area contributed by atoms with Gasteiger partial charge in [0.1, 0.15) is 0 Å². The highest BCUT2D eigenvalue weighted by Gasteiger charge is 2.52. The minimum atomic E-state index is -0.945. The highest BCUT2D eigenvalue weighted by Crippen LogP contribution is 2.41. The van der Waals surface area contributed by atoms with Crippen LogP contribution in [0.5, 0.6) is 0 Å². The van der Waals surface area contributed by atoms with E-state index in [1.807, 2.05) is 6.08 Å². The molecule has 2 heterocycles. The van der Waals surface area contributed by atoms with Gasteiger partial charge in [-0.25, -0.2) is 4.90 Å². The molecule has 0 radical (unpaired) electrons. The van der Waals surface area contributed by atoms with Crippen LogP contribution in [0.2, 0.25) is 0 Å². The molecule has 0 saturated heterocycles. The summed E-state index contributed by atoms with van der Waals surface area (Å²) in [7, 11) is 0. The van der Waals surface area contributed by atoms with E-state index in [9.17, 15) is 5.11 Å². The first kappa shape index (κ1) is 31.0. The molecular formula is C27H51N8OS+. The smallest absolute Gasteiger partial charge is 0.275 e. The van der Waals surface area contributed by atoms with Crippen molar-refractivity contribution >= 4 is 29.5 Å². The molecule has 10 heteroatoms. The van der Waals surface area contributed by atoms with Gasteiger partial charge in [0.2, 0.25) is 5.72 Å². The standard InChI is InChI=1S/C27H51N8OS/c1-2-3-4-5-6-7-8-9-10-11-15-27(36)23(37-21-17-33-26(30)31)22-24-34(19-14-20-35(24)27)18-13-12-16-32-25(28)29/h2,22,36H,1,3-21H2,(H4,28,29,32)(H4,30,31,33)/q+1. The lowest BCUT2D eigenvalue weighted by atomic mass is 10.0. The number of allylic oxidation sites excluding steroid dienone is 1. The Hall–Kier alpha value is -2.20. The fraction of sp³-hybridized carbons (Fsp3) is 0.741. The zero-order chi connectivity index (χ0) is 26.9. The fourth-order valence-electron chi connectivity index (χ4n) is 5.04. The van der Waals surface area contributed by atoms with Crippen molar-refractivity contribution in [3.63, 3.8) is 0 Å². The second kappa shape index (κ2) is 17.3. The maximum Gasteiger partial charge on any atom is 0.275 e. The summed E-state index contributed by atoms with van der Waals surface area (Å²) in [6.45, 7) is 7.78. The summed E-state index contributed by atoms with van der Waals surface area (Å²) < 4.78 is 2.40. The molecule has 9 nitrogen and oxygen atoms in total. The van der Waals surface area contributed by atoms with Crippen LogP contribution in [-0.2, 0) is 0 Å². The first-order chi connectivity index (χ1) is 17.9. The van der Waals surface area contributed by atoms with Crippen molar-refractivity contribution in [2.45, 2.75) is 89.2 Å². The molecule has 0 bridgehead atoms. The molecule has 2 aliphatic rings. The minimum Gasteiger partial charge on any atom is -0.370 e. The fourth-order valence-corrected chi connectivity index (χ4v) is 6.08. The number of aliphatic hydroxyl groups is 1. The Kier molecular flexibility index (Phi) is 14.5. The van der Waals surface area contributed by atoms with E-state index in [-0.39, 0.29) is 11.9 Å². The van der Waals surface area contributed by atoms with Crippen LogP contribution in [0.4, 0.5) is 0 Å². The quantitative estimate of drug-likeness (QED) is 0.0528. The molecule has 0 aliphatic carbocycles. The first-order valence-corrected chi connectivity index (χ1v) is 15.1. The van der Waals surface area contributed by atoms with E-state index in [1.54, 1.807) is 11.8 Å². The Morgan fingerprint density at radius 3 is 2.30 bits per heavy atom. The summed E-state index contributed by atoms with van der Waals surface area (Å²) in [4.78, 5) is 11.5. The highest BCUT2D eigenvalue weighted by atomic mass is 32.2. The van der Waals surface area contributed by atoms with E-state index in [4.69, 9.17) is 22.9 Å². The van der Waals surface area contributed by atoms with Gasteiger partial charge in [-0.3, -0.25) is 14.6 Å². The van der Waals surface area contributed by atoms with Crippen molar-refractivity contribution in [2.24, 2.45) is 32.9 Å². The second-order valence-electron chi connectivity index (χ2n) is 10.0. The van der Waals surface area contributed by atoms with Crippen LogP contribution < -0.4 is 22.9 Å². The van der Waals surface area contributed by atoms with Crippen molar-refractivity contribution in [2.75, 3.05) is 38.5 Å². The number of thioether (sulfide) groups is 1. The monoisotopic (exact) mass is 535 g/mol. The van der Waals surface area contributed by atoms with Crippen molar-refractivity contribution in [3.8, 4) is 0 Å². The molecule has 0 aromatic heterocycles. The number of fused-ring (bicyclic) bond motifs is 1. The van der Waals surface area contributed by atoms with Gasteiger partial charge in [0.15, 0.2) is 11.9 Å². The molecule has 0 spiro atoms. The van der Waals surface area contributed by atoms with Gasteiger partial charge in [0, 0.05) is 31.2 Å². The summed E-state index contributed by atoms with van der Waals surface area (Å²) in [6.07, 6.45) is 18.9. The van der Waals surface area contributed by atoms with E-state index < -0.39 is 5.72 Å². The van der Waals surface area contributed by atoms with Crippen LogP contribution in [0.3, 0.4) is 0 Å². The number of nitrogens with two attached hydrogens (primary N) is 4. The summed E-state index contributed by atoms with van der Waals surface area (Å²) in [5, 5.41) is 12.0. The molecule has 0 aromatic carbocycles. The van der Waals surface area contributed by atoms with Crippen LogP contribution >= 0.6 is 11.8 Å². The van der Waals surface area contributed by atoms with Crippen LogP contribution in [0.1, 0.15) is 83.5 Å². The van der Waals surface area contributed by atoms with Gasteiger partial charge in [-0.05, 0) is 32.1 Å². The number of amidine groups is 1. The normalized spacial score (nSPS) is 18.9. The van der Waals surface area contributed by atoms with Gasteiger partial charge in [0.05, 0.1) is 31.1 Å². The van der Waals surface area contributed by atoms with E-state index in [0.717, 1.165) is 81.1 Å². The lowest BCUT2D eigenvalue weighted by Gasteiger charge is -2.34. The van der Waals surface area contributed by atoms with Gasteiger partial charge < -0.3 is 28.0 Å². The van der Waals surface area contributed by atoms with Crippen molar-refractivity contribution in [3.05, 3.63) is 23.6 Å². The molecule has 1 unspecified atom stereocenters. The van der Waals surface area contributed by atoms with Gasteiger partial charge >= 0.3 is 0 Å². The van der Waals surface area contributed by atoms with Gasteiger partial charge in [-0.1, -0.05) is 44.6 Å². The summed E-state index contributed by atoms with van der Waals surface area (Å²) in [5.41, 5.74) is 20.9. The number of guanidine groups is 2. The lowest BCUT2D eigenvalue weighted by molar-refractivity contribution is -0.539. The average molecular weight is 536 g/mol. The molecule has 9 N–H and O–H groups in total. The van der Waals surface area contributed by atoms with E-state index in [2.05, 4.69) is 32.1 Å².